The predicted octanol–water partition coefficient (Wildman–Crippen LogP) is 4.41. The van der Waals surface area contributed by atoms with Crippen LogP contribution in [0.15, 0.2) is 91.4 Å². The molecule has 0 unspecified atom stereocenters. The summed E-state index contributed by atoms with van der Waals surface area (Å²) in [7, 11) is 1.61. The van der Waals surface area contributed by atoms with Gasteiger partial charge in [0, 0.05) is 34.6 Å². The number of nitrogen functional groups attached to an aromatic ring is 1. The van der Waals surface area contributed by atoms with Crippen LogP contribution in [-0.2, 0) is 0 Å². The highest BCUT2D eigenvalue weighted by Gasteiger charge is 2.23. The Bertz CT molecular complexity index is 1180. The van der Waals surface area contributed by atoms with E-state index < -0.39 is 0 Å². The van der Waals surface area contributed by atoms with Crippen molar-refractivity contribution < 1.29 is 9.53 Å². The number of hydrogen-bond acceptors (Lipinski definition) is 6. The van der Waals surface area contributed by atoms with Crippen molar-refractivity contribution in [3.05, 3.63) is 97.0 Å². The molecule has 7 nitrogen and oxygen atoms in total. The highest BCUT2D eigenvalue weighted by Crippen LogP contribution is 2.38. The molecule has 0 aliphatic rings. The highest BCUT2D eigenvalue weighted by molar-refractivity contribution is 6.09. The Hall–Kier alpha value is -4.39. The van der Waals surface area contributed by atoms with E-state index in [2.05, 4.69) is 15.4 Å². The number of nitrogens with one attached hydrogen (secondary N) is 1. The van der Waals surface area contributed by atoms with E-state index in [1.54, 1.807) is 43.6 Å². The number of nitrogens with zero attached hydrogens (tertiary/aromatic N) is 3. The van der Waals surface area contributed by atoms with Crippen molar-refractivity contribution in [1.82, 2.24) is 9.97 Å². The Kier molecular flexibility index (Phi) is 5.75. The molecular formula is C24H21N5O2. The van der Waals surface area contributed by atoms with Gasteiger partial charge >= 0.3 is 0 Å². The van der Waals surface area contributed by atoms with Gasteiger partial charge in [-0.3, -0.25) is 10.2 Å². The Morgan fingerprint density at radius 3 is 2.48 bits per heavy atom. The van der Waals surface area contributed by atoms with Gasteiger partial charge in [-0.2, -0.15) is 0 Å². The summed E-state index contributed by atoms with van der Waals surface area (Å²) in [5, 5.41) is 1.46. The zero-order valence-electron chi connectivity index (χ0n) is 16.9. The third-order valence-electron chi connectivity index (χ3n) is 4.69. The van der Waals surface area contributed by atoms with E-state index in [0.717, 1.165) is 11.1 Å². The summed E-state index contributed by atoms with van der Waals surface area (Å²) in [5.74, 6) is 0.894. The monoisotopic (exact) mass is 411 g/mol. The van der Waals surface area contributed by atoms with Crippen molar-refractivity contribution in [1.29, 1.82) is 0 Å². The number of nitrogens with two attached hydrogens (primary N) is 1. The molecule has 0 aliphatic carbocycles. The molecular weight excluding hydrogens is 390 g/mol. The first kappa shape index (κ1) is 19.9. The van der Waals surface area contributed by atoms with E-state index in [4.69, 9.17) is 10.5 Å². The second kappa shape index (κ2) is 8.96. The molecule has 154 valence electrons. The number of anilines is 3. The number of methoxy groups -OCH3 is 1. The van der Waals surface area contributed by atoms with Crippen molar-refractivity contribution in [3.63, 3.8) is 0 Å². The molecule has 0 saturated carbocycles. The molecule has 4 aromatic rings. The van der Waals surface area contributed by atoms with Gasteiger partial charge in [0.25, 0.3) is 5.91 Å². The van der Waals surface area contributed by atoms with Crippen LogP contribution in [0.3, 0.4) is 0 Å². The number of amides is 1. The number of hydrogen-bond donors (Lipinski definition) is 2. The third-order valence-corrected chi connectivity index (χ3v) is 4.69. The number of carbonyl (C=O) groups excluding carboxylic acids is 1. The van der Waals surface area contributed by atoms with E-state index in [0.29, 0.717) is 28.5 Å². The molecule has 4 rings (SSSR count). The fraction of sp³-hybridized carbons (Fsp3) is 0.0417. The number of ether oxygens (including phenoxy) is 1. The van der Waals surface area contributed by atoms with Crippen LogP contribution in [0.25, 0.3) is 11.1 Å². The van der Waals surface area contributed by atoms with Crippen molar-refractivity contribution in [2.24, 2.45) is 0 Å². The van der Waals surface area contributed by atoms with Crippen LogP contribution in [0.5, 0.6) is 5.75 Å². The Morgan fingerprint density at radius 2 is 1.74 bits per heavy atom. The molecule has 1 aromatic heterocycles. The number of rotatable bonds is 6. The lowest BCUT2D eigenvalue weighted by atomic mass is 10.0. The minimum atomic E-state index is -0.250. The normalized spacial score (nSPS) is 10.4. The SMILES string of the molecule is COc1ccccc1-c1cc(N)ccc1N(Nc1ccncn1)C(=O)c1ccccc1. The molecule has 1 heterocycles. The summed E-state index contributed by atoms with van der Waals surface area (Å²) in [5.41, 5.74) is 12.5. The van der Waals surface area contributed by atoms with Crippen molar-refractivity contribution in [2.75, 3.05) is 23.3 Å². The molecule has 0 bridgehead atoms. The third kappa shape index (κ3) is 4.30. The maximum absolute atomic E-state index is 13.5. The standard InChI is InChI=1S/C24H21N5O2/c1-31-22-10-6-5-9-19(22)20-15-18(25)11-12-21(20)29(28-23-13-14-26-16-27-23)24(30)17-7-3-2-4-8-17/h2-16H,25H2,1H3,(H,26,27,28). The Morgan fingerprint density at radius 1 is 0.968 bits per heavy atom. The summed E-state index contributed by atoms with van der Waals surface area (Å²) in [4.78, 5) is 21.7. The molecule has 1 amide bonds. The maximum Gasteiger partial charge on any atom is 0.276 e. The van der Waals surface area contributed by atoms with Gasteiger partial charge in [0.2, 0.25) is 0 Å². The van der Waals surface area contributed by atoms with Gasteiger partial charge in [-0.05, 0) is 36.4 Å². The van der Waals surface area contributed by atoms with Crippen LogP contribution >= 0.6 is 0 Å². The van der Waals surface area contributed by atoms with E-state index in [1.165, 1.54) is 11.3 Å². The Labute approximate surface area is 180 Å². The minimum Gasteiger partial charge on any atom is -0.496 e. The molecule has 31 heavy (non-hydrogen) atoms. The van der Waals surface area contributed by atoms with Gasteiger partial charge in [0.15, 0.2) is 0 Å². The van der Waals surface area contributed by atoms with Gasteiger partial charge in [0.05, 0.1) is 12.8 Å². The predicted molar refractivity (Wildman–Crippen MR) is 122 cm³/mol. The first-order chi connectivity index (χ1) is 15.2. The average molecular weight is 411 g/mol. The van der Waals surface area contributed by atoms with Crippen molar-refractivity contribution in [3.8, 4) is 16.9 Å². The fourth-order valence-corrected chi connectivity index (χ4v) is 3.23. The summed E-state index contributed by atoms with van der Waals surface area (Å²) in [6.07, 6.45) is 3.02. The lowest BCUT2D eigenvalue weighted by Crippen LogP contribution is -2.37. The number of para-hydroxylation sites is 1. The molecule has 0 saturated heterocycles. The van der Waals surface area contributed by atoms with Crippen LogP contribution < -0.4 is 20.9 Å². The second-order valence-electron chi connectivity index (χ2n) is 6.69. The fourth-order valence-electron chi connectivity index (χ4n) is 3.23. The molecule has 0 radical (unpaired) electrons. The minimum absolute atomic E-state index is 0.250. The Balaban J connectivity index is 1.88. The van der Waals surface area contributed by atoms with E-state index >= 15 is 0 Å². The van der Waals surface area contributed by atoms with Gasteiger partial charge < -0.3 is 10.5 Å². The van der Waals surface area contributed by atoms with Crippen molar-refractivity contribution >= 4 is 23.1 Å². The summed E-state index contributed by atoms with van der Waals surface area (Å²) in [6, 6.07) is 23.7. The highest BCUT2D eigenvalue weighted by atomic mass is 16.5. The summed E-state index contributed by atoms with van der Waals surface area (Å²) < 4.78 is 5.55. The maximum atomic E-state index is 13.5. The lowest BCUT2D eigenvalue weighted by molar-refractivity contribution is 0.0992. The molecule has 7 heteroatoms. The quantitative estimate of drug-likeness (QED) is 0.361. The summed E-state index contributed by atoms with van der Waals surface area (Å²) >= 11 is 0. The number of carbonyl (C=O) groups is 1. The van der Waals surface area contributed by atoms with Gasteiger partial charge in [-0.1, -0.05) is 36.4 Å². The van der Waals surface area contributed by atoms with Crippen LogP contribution in [-0.4, -0.2) is 23.0 Å². The number of hydrazine groups is 1. The first-order valence-corrected chi connectivity index (χ1v) is 9.62. The molecule has 0 spiro atoms. The molecule has 3 N–H and O–H groups in total. The molecule has 0 fully saturated rings. The van der Waals surface area contributed by atoms with E-state index in [-0.39, 0.29) is 5.91 Å². The van der Waals surface area contributed by atoms with Gasteiger partial charge in [-0.15, -0.1) is 0 Å². The van der Waals surface area contributed by atoms with Crippen LogP contribution in [0.1, 0.15) is 10.4 Å². The largest absolute Gasteiger partial charge is 0.496 e. The molecule has 0 atom stereocenters. The van der Waals surface area contributed by atoms with Gasteiger partial charge in [-0.25, -0.2) is 15.0 Å². The van der Waals surface area contributed by atoms with Crippen LogP contribution in [0.2, 0.25) is 0 Å². The van der Waals surface area contributed by atoms with Gasteiger partial charge in [0.1, 0.15) is 17.9 Å². The van der Waals surface area contributed by atoms with Crippen LogP contribution in [0.4, 0.5) is 17.2 Å². The number of aromatic nitrogens is 2. The second-order valence-corrected chi connectivity index (χ2v) is 6.69. The van der Waals surface area contributed by atoms with E-state index in [9.17, 15) is 4.79 Å². The zero-order valence-corrected chi connectivity index (χ0v) is 16.9. The first-order valence-electron chi connectivity index (χ1n) is 9.62. The van der Waals surface area contributed by atoms with Crippen LogP contribution in [0, 0.1) is 0 Å². The average Bonchev–Trinajstić information content (AvgIpc) is 2.83. The van der Waals surface area contributed by atoms with Crippen molar-refractivity contribution in [2.45, 2.75) is 0 Å². The van der Waals surface area contributed by atoms with E-state index in [1.807, 2.05) is 48.5 Å². The zero-order chi connectivity index (χ0) is 21.6. The molecule has 3 aromatic carbocycles. The smallest absolute Gasteiger partial charge is 0.276 e. The summed E-state index contributed by atoms with van der Waals surface area (Å²) in [6.45, 7) is 0. The molecule has 0 aliphatic heterocycles. The lowest BCUT2D eigenvalue weighted by Gasteiger charge is -2.27. The topological polar surface area (TPSA) is 93.4 Å². The number of benzene rings is 3.